The first-order valence-electron chi connectivity index (χ1n) is 4.86. The molecular formula is C10H13BrN2O. The molecule has 4 heteroatoms. The number of fused-ring (bicyclic) bond motifs is 1. The molecule has 0 saturated carbocycles. The third kappa shape index (κ3) is 1.52. The van der Waals surface area contributed by atoms with Crippen LogP contribution in [0, 0.1) is 0 Å². The maximum Gasteiger partial charge on any atom is 0.152 e. The summed E-state index contributed by atoms with van der Waals surface area (Å²) in [5, 5.41) is 0. The Hall–Kier alpha value is -0.640. The number of carbonyl (C=O) groups excluding carboxylic acids is 1. The molecule has 0 bridgehead atoms. The highest BCUT2D eigenvalue weighted by Crippen LogP contribution is 2.26. The normalized spacial score (nSPS) is 16.1. The third-order valence-corrected chi connectivity index (χ3v) is 3.18. The highest BCUT2D eigenvalue weighted by atomic mass is 79.9. The Bertz CT molecular complexity index is 382. The highest BCUT2D eigenvalue weighted by Gasteiger charge is 2.23. The minimum Gasteiger partial charge on any atom is -0.323 e. The number of rotatable bonds is 1. The molecule has 1 aromatic heterocycles. The topological polar surface area (TPSA) is 34.9 Å². The van der Waals surface area contributed by atoms with Crippen LogP contribution in [0.4, 0.5) is 0 Å². The molecule has 0 radical (unpaired) electrons. The van der Waals surface area contributed by atoms with Crippen LogP contribution in [0.1, 0.15) is 37.7 Å². The Morgan fingerprint density at radius 1 is 1.43 bits per heavy atom. The fourth-order valence-electron chi connectivity index (χ4n) is 1.84. The van der Waals surface area contributed by atoms with Gasteiger partial charge < -0.3 is 4.57 Å². The van der Waals surface area contributed by atoms with E-state index in [0.717, 1.165) is 16.8 Å². The largest absolute Gasteiger partial charge is 0.323 e. The van der Waals surface area contributed by atoms with Crippen LogP contribution in [0.5, 0.6) is 0 Å². The standard InChI is InChI=1S/C10H13BrN2O/c1-6(2)10-12-9(11)8-4-3-7(14)5-13(8)10/h6H,3-5H2,1-2H3. The summed E-state index contributed by atoms with van der Waals surface area (Å²) < 4.78 is 2.97. The predicted octanol–water partition coefficient (Wildman–Crippen LogP) is 2.28. The SMILES string of the molecule is CC(C)c1nc(Br)c2n1CC(=O)CC2. The number of ketones is 1. The van der Waals surface area contributed by atoms with Crippen molar-refractivity contribution >= 4 is 21.7 Å². The first-order valence-corrected chi connectivity index (χ1v) is 5.65. The Balaban J connectivity index is 2.50. The highest BCUT2D eigenvalue weighted by molar-refractivity contribution is 9.10. The van der Waals surface area contributed by atoms with Crippen LogP contribution in [-0.2, 0) is 17.8 Å². The number of nitrogens with zero attached hydrogens (tertiary/aromatic N) is 2. The lowest BCUT2D eigenvalue weighted by Gasteiger charge is -2.17. The second-order valence-corrected chi connectivity index (χ2v) is 4.74. The summed E-state index contributed by atoms with van der Waals surface area (Å²) in [5.74, 6) is 1.69. The van der Waals surface area contributed by atoms with Crippen molar-refractivity contribution in [1.82, 2.24) is 9.55 Å². The summed E-state index contributed by atoms with van der Waals surface area (Å²) >= 11 is 3.45. The van der Waals surface area contributed by atoms with Crippen LogP contribution >= 0.6 is 15.9 Å². The van der Waals surface area contributed by atoms with Crippen LogP contribution in [-0.4, -0.2) is 15.3 Å². The van der Waals surface area contributed by atoms with Gasteiger partial charge in [0.1, 0.15) is 10.4 Å². The molecule has 0 N–H and O–H groups in total. The molecule has 1 aliphatic heterocycles. The minimum atomic E-state index is 0.310. The quantitative estimate of drug-likeness (QED) is 0.773. The molecule has 14 heavy (non-hydrogen) atoms. The first kappa shape index (κ1) is 9.90. The summed E-state index contributed by atoms with van der Waals surface area (Å²) in [7, 11) is 0. The van der Waals surface area contributed by atoms with Crippen LogP contribution in [0.3, 0.4) is 0 Å². The van der Waals surface area contributed by atoms with Crippen LogP contribution in [0.2, 0.25) is 0 Å². The van der Waals surface area contributed by atoms with Gasteiger partial charge >= 0.3 is 0 Å². The fourth-order valence-corrected chi connectivity index (χ4v) is 2.44. The van der Waals surface area contributed by atoms with E-state index in [1.165, 1.54) is 5.69 Å². The Labute approximate surface area is 91.6 Å². The molecule has 0 aromatic carbocycles. The molecule has 1 aromatic rings. The summed E-state index contributed by atoms with van der Waals surface area (Å²) in [5.41, 5.74) is 1.17. The molecular weight excluding hydrogens is 244 g/mol. The van der Waals surface area contributed by atoms with E-state index in [1.54, 1.807) is 0 Å². The summed E-state index contributed by atoms with van der Waals surface area (Å²) in [6, 6.07) is 0. The average molecular weight is 257 g/mol. The van der Waals surface area contributed by atoms with E-state index in [9.17, 15) is 4.79 Å². The molecule has 76 valence electrons. The molecule has 0 atom stereocenters. The molecule has 2 rings (SSSR count). The average Bonchev–Trinajstić information content (AvgIpc) is 2.43. The second-order valence-electron chi connectivity index (χ2n) is 3.99. The van der Waals surface area contributed by atoms with Gasteiger partial charge in [-0.3, -0.25) is 4.79 Å². The lowest BCUT2D eigenvalue weighted by molar-refractivity contribution is -0.120. The number of hydrogen-bond donors (Lipinski definition) is 0. The third-order valence-electron chi connectivity index (χ3n) is 2.54. The first-order chi connectivity index (χ1) is 6.59. The van der Waals surface area contributed by atoms with E-state index in [0.29, 0.717) is 24.7 Å². The predicted molar refractivity (Wildman–Crippen MR) is 57.3 cm³/mol. The van der Waals surface area contributed by atoms with Crippen molar-refractivity contribution in [3.8, 4) is 0 Å². The van der Waals surface area contributed by atoms with Crippen molar-refractivity contribution in [2.45, 2.75) is 39.2 Å². The summed E-state index contributed by atoms with van der Waals surface area (Å²) in [6.07, 6.45) is 1.47. The van der Waals surface area contributed by atoms with Gasteiger partial charge in [0.05, 0.1) is 12.2 Å². The van der Waals surface area contributed by atoms with Crippen molar-refractivity contribution < 1.29 is 4.79 Å². The van der Waals surface area contributed by atoms with Gasteiger partial charge in [0, 0.05) is 12.3 Å². The molecule has 0 aliphatic carbocycles. The summed E-state index contributed by atoms with van der Waals surface area (Å²) in [4.78, 5) is 15.8. The molecule has 0 saturated heterocycles. The number of aromatic nitrogens is 2. The van der Waals surface area contributed by atoms with Gasteiger partial charge in [-0.25, -0.2) is 4.98 Å². The molecule has 0 amide bonds. The van der Waals surface area contributed by atoms with Crippen LogP contribution < -0.4 is 0 Å². The van der Waals surface area contributed by atoms with E-state index in [4.69, 9.17) is 0 Å². The van der Waals surface area contributed by atoms with Crippen molar-refractivity contribution in [2.24, 2.45) is 0 Å². The molecule has 0 fully saturated rings. The number of hydrogen-bond acceptors (Lipinski definition) is 2. The van der Waals surface area contributed by atoms with Gasteiger partial charge in [-0.05, 0) is 22.4 Å². The Morgan fingerprint density at radius 2 is 2.14 bits per heavy atom. The minimum absolute atomic E-state index is 0.310. The number of Topliss-reactive ketones (excluding diaryl/α,β-unsaturated/α-hetero) is 1. The maximum atomic E-state index is 11.3. The zero-order valence-electron chi connectivity index (χ0n) is 8.38. The lowest BCUT2D eigenvalue weighted by Crippen LogP contribution is -2.21. The van der Waals surface area contributed by atoms with E-state index < -0.39 is 0 Å². The molecule has 0 spiro atoms. The summed E-state index contributed by atoms with van der Waals surface area (Å²) in [6.45, 7) is 4.70. The van der Waals surface area contributed by atoms with Gasteiger partial charge in [-0.1, -0.05) is 13.8 Å². The Kier molecular flexibility index (Phi) is 2.47. The smallest absolute Gasteiger partial charge is 0.152 e. The van der Waals surface area contributed by atoms with Gasteiger partial charge in [0.25, 0.3) is 0 Å². The van der Waals surface area contributed by atoms with Crippen molar-refractivity contribution in [2.75, 3.05) is 0 Å². The van der Waals surface area contributed by atoms with Gasteiger partial charge in [-0.2, -0.15) is 0 Å². The maximum absolute atomic E-state index is 11.3. The number of carbonyl (C=O) groups is 1. The molecule has 1 aliphatic rings. The van der Waals surface area contributed by atoms with E-state index in [-0.39, 0.29) is 0 Å². The Morgan fingerprint density at radius 3 is 2.79 bits per heavy atom. The van der Waals surface area contributed by atoms with E-state index in [1.807, 2.05) is 0 Å². The lowest BCUT2D eigenvalue weighted by atomic mass is 10.1. The zero-order valence-corrected chi connectivity index (χ0v) is 9.97. The number of imidazole rings is 1. The van der Waals surface area contributed by atoms with Gasteiger partial charge in [0.2, 0.25) is 0 Å². The van der Waals surface area contributed by atoms with Gasteiger partial charge in [-0.15, -0.1) is 0 Å². The van der Waals surface area contributed by atoms with Crippen molar-refractivity contribution in [3.05, 3.63) is 16.1 Å². The van der Waals surface area contributed by atoms with Crippen molar-refractivity contribution in [1.29, 1.82) is 0 Å². The van der Waals surface area contributed by atoms with E-state index >= 15 is 0 Å². The van der Waals surface area contributed by atoms with E-state index in [2.05, 4.69) is 39.3 Å². The van der Waals surface area contributed by atoms with Crippen LogP contribution in [0.25, 0.3) is 0 Å². The monoisotopic (exact) mass is 256 g/mol. The van der Waals surface area contributed by atoms with Gasteiger partial charge in [0.15, 0.2) is 5.78 Å². The molecule has 2 heterocycles. The van der Waals surface area contributed by atoms with Crippen LogP contribution in [0.15, 0.2) is 4.60 Å². The zero-order chi connectivity index (χ0) is 10.3. The number of halogens is 1. The molecule has 0 unspecified atom stereocenters. The molecule has 3 nitrogen and oxygen atoms in total. The fraction of sp³-hybridized carbons (Fsp3) is 0.600. The van der Waals surface area contributed by atoms with Crippen molar-refractivity contribution in [3.63, 3.8) is 0 Å². The second kappa shape index (κ2) is 3.50.